The maximum absolute atomic E-state index is 12.9. The molecule has 4 nitrogen and oxygen atoms in total. The highest BCUT2D eigenvalue weighted by molar-refractivity contribution is 7.99. The fourth-order valence-corrected chi connectivity index (χ4v) is 4.10. The van der Waals surface area contributed by atoms with Gasteiger partial charge < -0.3 is 14.2 Å². The van der Waals surface area contributed by atoms with Crippen LogP contribution in [0.5, 0.6) is 5.75 Å². The van der Waals surface area contributed by atoms with Crippen molar-refractivity contribution in [2.45, 2.75) is 11.4 Å². The first-order chi connectivity index (χ1) is 11.8. The smallest absolute Gasteiger partial charge is 0.246 e. The summed E-state index contributed by atoms with van der Waals surface area (Å²) in [5.74, 6) is 1.89. The minimum absolute atomic E-state index is 0.121. The summed E-state index contributed by atoms with van der Waals surface area (Å²) >= 11 is 1.81. The highest BCUT2D eigenvalue weighted by Crippen LogP contribution is 2.34. The number of rotatable bonds is 3. The molecule has 5 heteroatoms. The summed E-state index contributed by atoms with van der Waals surface area (Å²) in [7, 11) is 1.66. The molecule has 0 aliphatic carbocycles. The number of aromatic nitrogens is 1. The van der Waals surface area contributed by atoms with Crippen LogP contribution in [0, 0.1) is 0 Å². The van der Waals surface area contributed by atoms with Gasteiger partial charge in [-0.25, -0.2) is 0 Å². The quantitative estimate of drug-likeness (QED) is 0.729. The first-order valence-electron chi connectivity index (χ1n) is 7.91. The molecule has 0 unspecified atom stereocenters. The van der Waals surface area contributed by atoms with Crippen LogP contribution < -0.4 is 9.64 Å². The van der Waals surface area contributed by atoms with Crippen LogP contribution in [0.2, 0.25) is 0 Å². The molecule has 2 aromatic carbocycles. The van der Waals surface area contributed by atoms with Crippen molar-refractivity contribution in [1.29, 1.82) is 0 Å². The van der Waals surface area contributed by atoms with Gasteiger partial charge in [-0.15, -0.1) is 11.8 Å². The highest BCUT2D eigenvalue weighted by Gasteiger charge is 2.22. The standard InChI is InChI=1S/C19H18N2O2S/c1-23-15-6-7-16-14(12-15)8-9-20(16)13-19(22)21-10-11-24-18-5-3-2-4-17(18)21/h2-9,12H,10-11,13H2,1H3. The molecule has 1 aliphatic rings. The summed E-state index contributed by atoms with van der Waals surface area (Å²) in [6, 6.07) is 16.1. The van der Waals surface area contributed by atoms with Gasteiger partial charge in [0.05, 0.1) is 12.8 Å². The van der Waals surface area contributed by atoms with E-state index >= 15 is 0 Å². The summed E-state index contributed by atoms with van der Waals surface area (Å²) in [5, 5.41) is 1.08. The summed E-state index contributed by atoms with van der Waals surface area (Å²) in [6.07, 6.45) is 1.96. The third-order valence-corrected chi connectivity index (χ3v) is 5.36. The lowest BCUT2D eigenvalue weighted by molar-refractivity contribution is -0.119. The van der Waals surface area contributed by atoms with Crippen molar-refractivity contribution in [2.75, 3.05) is 24.3 Å². The van der Waals surface area contributed by atoms with Gasteiger partial charge in [0, 0.05) is 34.3 Å². The minimum Gasteiger partial charge on any atom is -0.497 e. The van der Waals surface area contributed by atoms with Gasteiger partial charge in [0.2, 0.25) is 5.91 Å². The molecular weight excluding hydrogens is 320 g/mol. The van der Waals surface area contributed by atoms with Crippen molar-refractivity contribution >= 4 is 34.3 Å². The first kappa shape index (κ1) is 15.1. The Labute approximate surface area is 145 Å². The molecule has 0 fully saturated rings. The van der Waals surface area contributed by atoms with Gasteiger partial charge in [0.1, 0.15) is 12.3 Å². The van der Waals surface area contributed by atoms with Gasteiger partial charge in [-0.2, -0.15) is 0 Å². The molecule has 0 atom stereocenters. The van der Waals surface area contributed by atoms with Crippen molar-refractivity contribution in [1.82, 2.24) is 4.57 Å². The van der Waals surface area contributed by atoms with E-state index in [9.17, 15) is 4.79 Å². The molecule has 0 bridgehead atoms. The predicted octanol–water partition coefficient (Wildman–Crippen LogP) is 3.79. The maximum atomic E-state index is 12.9. The molecule has 1 aromatic heterocycles. The Bertz CT molecular complexity index is 903. The van der Waals surface area contributed by atoms with Crippen molar-refractivity contribution < 1.29 is 9.53 Å². The van der Waals surface area contributed by atoms with Gasteiger partial charge >= 0.3 is 0 Å². The molecule has 0 radical (unpaired) electrons. The molecule has 1 aliphatic heterocycles. The second-order valence-electron chi connectivity index (χ2n) is 5.73. The van der Waals surface area contributed by atoms with Crippen molar-refractivity contribution in [3.05, 3.63) is 54.7 Å². The van der Waals surface area contributed by atoms with Crippen molar-refractivity contribution in [2.24, 2.45) is 0 Å². The number of ether oxygens (including phenoxy) is 1. The number of anilines is 1. The van der Waals surface area contributed by atoms with Crippen LogP contribution >= 0.6 is 11.8 Å². The third kappa shape index (κ3) is 2.65. The van der Waals surface area contributed by atoms with E-state index in [1.54, 1.807) is 7.11 Å². The Morgan fingerprint density at radius 2 is 2.08 bits per heavy atom. The Morgan fingerprint density at radius 3 is 2.96 bits per heavy atom. The lowest BCUT2D eigenvalue weighted by Crippen LogP contribution is -2.37. The van der Waals surface area contributed by atoms with Crippen LogP contribution in [0.1, 0.15) is 0 Å². The van der Waals surface area contributed by atoms with Crippen LogP contribution in [0.25, 0.3) is 10.9 Å². The molecule has 1 amide bonds. The maximum Gasteiger partial charge on any atom is 0.246 e. The Hall–Kier alpha value is -2.40. The largest absolute Gasteiger partial charge is 0.497 e. The molecule has 0 spiro atoms. The number of benzene rings is 2. The zero-order chi connectivity index (χ0) is 16.5. The van der Waals surface area contributed by atoms with E-state index in [1.807, 2.05) is 69.9 Å². The number of amides is 1. The zero-order valence-corrected chi connectivity index (χ0v) is 14.3. The second kappa shape index (κ2) is 6.24. The van der Waals surface area contributed by atoms with E-state index in [2.05, 4.69) is 6.07 Å². The van der Waals surface area contributed by atoms with Crippen LogP contribution in [0.3, 0.4) is 0 Å². The highest BCUT2D eigenvalue weighted by atomic mass is 32.2. The number of nitrogens with zero attached hydrogens (tertiary/aromatic N) is 2. The molecule has 0 saturated heterocycles. The Morgan fingerprint density at radius 1 is 1.21 bits per heavy atom. The molecule has 122 valence electrons. The number of fused-ring (bicyclic) bond motifs is 2. The molecule has 4 rings (SSSR count). The summed E-state index contributed by atoms with van der Waals surface area (Å²) in [5.41, 5.74) is 2.07. The lowest BCUT2D eigenvalue weighted by Gasteiger charge is -2.29. The normalized spacial score (nSPS) is 13.8. The number of carbonyl (C=O) groups is 1. The molecule has 24 heavy (non-hydrogen) atoms. The number of carbonyl (C=O) groups excluding carboxylic acids is 1. The topological polar surface area (TPSA) is 34.5 Å². The minimum atomic E-state index is 0.121. The molecule has 0 N–H and O–H groups in total. The Balaban J connectivity index is 1.61. The van der Waals surface area contributed by atoms with E-state index in [-0.39, 0.29) is 5.91 Å². The number of methoxy groups -OCH3 is 1. The zero-order valence-electron chi connectivity index (χ0n) is 13.4. The molecule has 0 saturated carbocycles. The number of para-hydroxylation sites is 1. The van der Waals surface area contributed by atoms with Gasteiger partial charge in [-0.3, -0.25) is 4.79 Å². The molecular formula is C19H18N2O2S. The van der Waals surface area contributed by atoms with E-state index < -0.39 is 0 Å². The number of thioether (sulfide) groups is 1. The van der Waals surface area contributed by atoms with Gasteiger partial charge in [-0.05, 0) is 36.4 Å². The van der Waals surface area contributed by atoms with Gasteiger partial charge in [0.25, 0.3) is 0 Å². The number of hydrogen-bond donors (Lipinski definition) is 0. The van der Waals surface area contributed by atoms with Crippen molar-refractivity contribution in [3.63, 3.8) is 0 Å². The van der Waals surface area contributed by atoms with Gasteiger partial charge in [0.15, 0.2) is 0 Å². The number of hydrogen-bond acceptors (Lipinski definition) is 3. The van der Waals surface area contributed by atoms with Crippen LogP contribution in [0.4, 0.5) is 5.69 Å². The van der Waals surface area contributed by atoms with E-state index in [0.29, 0.717) is 6.54 Å². The average molecular weight is 338 g/mol. The average Bonchev–Trinajstić information content (AvgIpc) is 3.03. The van der Waals surface area contributed by atoms with E-state index in [0.717, 1.165) is 34.6 Å². The summed E-state index contributed by atoms with van der Waals surface area (Å²) in [4.78, 5) is 15.9. The van der Waals surface area contributed by atoms with Crippen LogP contribution in [-0.4, -0.2) is 29.9 Å². The fourth-order valence-electron chi connectivity index (χ4n) is 3.10. The second-order valence-corrected chi connectivity index (χ2v) is 6.87. The first-order valence-corrected chi connectivity index (χ1v) is 8.90. The lowest BCUT2D eigenvalue weighted by atomic mass is 10.2. The third-order valence-electron chi connectivity index (χ3n) is 4.31. The van der Waals surface area contributed by atoms with E-state index in [1.165, 1.54) is 4.90 Å². The van der Waals surface area contributed by atoms with Crippen molar-refractivity contribution in [3.8, 4) is 5.75 Å². The SMILES string of the molecule is COc1ccc2c(ccn2CC(=O)N2CCSc3ccccc32)c1. The van der Waals surface area contributed by atoms with E-state index in [4.69, 9.17) is 4.74 Å². The fraction of sp³-hybridized carbons (Fsp3) is 0.211. The Kier molecular flexibility index (Phi) is 3.94. The molecule has 3 aromatic rings. The summed E-state index contributed by atoms with van der Waals surface area (Å²) < 4.78 is 7.26. The van der Waals surface area contributed by atoms with Crippen LogP contribution in [-0.2, 0) is 11.3 Å². The monoisotopic (exact) mass is 338 g/mol. The summed E-state index contributed by atoms with van der Waals surface area (Å²) in [6.45, 7) is 1.10. The van der Waals surface area contributed by atoms with Gasteiger partial charge in [-0.1, -0.05) is 12.1 Å². The predicted molar refractivity (Wildman–Crippen MR) is 98.0 cm³/mol. The molecule has 2 heterocycles. The van der Waals surface area contributed by atoms with Crippen LogP contribution in [0.15, 0.2) is 59.6 Å².